The molecule has 0 aliphatic carbocycles. The Kier molecular flexibility index (Phi) is 4.47. The highest BCUT2D eigenvalue weighted by atomic mass is 16.5. The van der Waals surface area contributed by atoms with Crippen LogP contribution in [0.4, 0.5) is 0 Å². The molecule has 0 aliphatic heterocycles. The van der Waals surface area contributed by atoms with Gasteiger partial charge in [0.05, 0.1) is 19.3 Å². The molecule has 2 heterocycles. The van der Waals surface area contributed by atoms with Crippen molar-refractivity contribution in [1.82, 2.24) is 9.55 Å². The maximum atomic E-state index is 11.8. The van der Waals surface area contributed by atoms with E-state index >= 15 is 0 Å². The lowest BCUT2D eigenvalue weighted by Crippen LogP contribution is -2.09. The lowest BCUT2D eigenvalue weighted by atomic mass is 10.1. The van der Waals surface area contributed by atoms with Gasteiger partial charge in [0.25, 0.3) is 0 Å². The second-order valence-electron chi connectivity index (χ2n) is 6.55. The minimum Gasteiger partial charge on any atom is -0.464 e. The summed E-state index contributed by atoms with van der Waals surface area (Å²) in [5.74, 6) is -0.423. The summed E-state index contributed by atoms with van der Waals surface area (Å²) in [6.45, 7) is 2.67. The average molecular weight is 356 g/mol. The number of carbonyl (C=O) groups excluding carboxylic acids is 1. The summed E-state index contributed by atoms with van der Waals surface area (Å²) in [6.07, 6.45) is 0. The molecule has 0 bridgehead atoms. The zero-order chi connectivity index (χ0) is 18.8. The summed E-state index contributed by atoms with van der Waals surface area (Å²) in [7, 11) is 1.37. The third-order valence-corrected chi connectivity index (χ3v) is 4.65. The molecule has 4 rings (SSSR count). The summed E-state index contributed by atoms with van der Waals surface area (Å²) in [4.78, 5) is 16.3. The normalized spacial score (nSPS) is 10.9. The molecule has 0 saturated carbocycles. The van der Waals surface area contributed by atoms with Crippen LogP contribution in [0.1, 0.15) is 21.7 Å². The Morgan fingerprint density at radius 3 is 2.59 bits per heavy atom. The van der Waals surface area contributed by atoms with Crippen LogP contribution in [0.5, 0.6) is 0 Å². The van der Waals surface area contributed by atoms with Crippen molar-refractivity contribution in [3.05, 3.63) is 89.7 Å². The van der Waals surface area contributed by atoms with Crippen LogP contribution in [-0.4, -0.2) is 22.6 Å². The molecule has 4 nitrogen and oxygen atoms in total. The third kappa shape index (κ3) is 3.34. The summed E-state index contributed by atoms with van der Waals surface area (Å²) in [6, 6.07) is 24.4. The molecule has 0 unspecified atom stereocenters. The van der Waals surface area contributed by atoms with Crippen LogP contribution in [0.2, 0.25) is 0 Å². The molecule has 0 aliphatic rings. The van der Waals surface area contributed by atoms with E-state index in [1.807, 2.05) is 30.3 Å². The Hall–Kier alpha value is -3.40. The van der Waals surface area contributed by atoms with Crippen molar-refractivity contribution >= 4 is 16.9 Å². The molecule has 0 atom stereocenters. The third-order valence-electron chi connectivity index (χ3n) is 4.65. The van der Waals surface area contributed by atoms with Crippen LogP contribution < -0.4 is 0 Å². The SMILES string of the molecule is COC(=O)c1cccc(Cn2c(-c3ccccc3)cc3cc(C)ccc32)n1. The number of methoxy groups -OCH3 is 1. The van der Waals surface area contributed by atoms with E-state index < -0.39 is 5.97 Å². The maximum Gasteiger partial charge on any atom is 0.356 e. The fourth-order valence-corrected chi connectivity index (χ4v) is 3.36. The zero-order valence-corrected chi connectivity index (χ0v) is 15.3. The highest BCUT2D eigenvalue weighted by molar-refractivity contribution is 5.88. The second-order valence-corrected chi connectivity index (χ2v) is 6.55. The van der Waals surface area contributed by atoms with E-state index in [-0.39, 0.29) is 0 Å². The molecular formula is C23H20N2O2. The van der Waals surface area contributed by atoms with Crippen molar-refractivity contribution in [2.24, 2.45) is 0 Å². The van der Waals surface area contributed by atoms with Crippen LogP contribution in [0, 0.1) is 6.92 Å². The monoisotopic (exact) mass is 356 g/mol. The molecule has 0 amide bonds. The summed E-state index contributed by atoms with van der Waals surface area (Å²) >= 11 is 0. The Bertz CT molecular complexity index is 1110. The number of rotatable bonds is 4. The highest BCUT2D eigenvalue weighted by Crippen LogP contribution is 2.29. The average Bonchev–Trinajstić information content (AvgIpc) is 3.05. The van der Waals surface area contributed by atoms with E-state index in [2.05, 4.69) is 52.9 Å². The first-order chi connectivity index (χ1) is 13.2. The van der Waals surface area contributed by atoms with Crippen molar-refractivity contribution < 1.29 is 9.53 Å². The number of ether oxygens (including phenoxy) is 1. The Balaban J connectivity index is 1.84. The molecule has 4 aromatic rings. The van der Waals surface area contributed by atoms with Crippen molar-refractivity contribution in [2.75, 3.05) is 7.11 Å². The van der Waals surface area contributed by atoms with Crippen molar-refractivity contribution in [2.45, 2.75) is 13.5 Å². The van der Waals surface area contributed by atoms with E-state index in [4.69, 9.17) is 4.74 Å². The van der Waals surface area contributed by atoms with Gasteiger partial charge in [-0.05, 0) is 42.8 Å². The van der Waals surface area contributed by atoms with E-state index in [0.29, 0.717) is 12.2 Å². The maximum absolute atomic E-state index is 11.8. The van der Waals surface area contributed by atoms with Crippen molar-refractivity contribution in [3.8, 4) is 11.3 Å². The van der Waals surface area contributed by atoms with Gasteiger partial charge in [-0.15, -0.1) is 0 Å². The number of benzene rings is 2. The first-order valence-corrected chi connectivity index (χ1v) is 8.85. The molecule has 0 N–H and O–H groups in total. The lowest BCUT2D eigenvalue weighted by molar-refractivity contribution is 0.0593. The first kappa shape index (κ1) is 17.0. The summed E-state index contributed by atoms with van der Waals surface area (Å²) in [5.41, 5.74) is 5.78. The van der Waals surface area contributed by atoms with Gasteiger partial charge in [0.15, 0.2) is 0 Å². The predicted octanol–water partition coefficient (Wildman–Crippen LogP) is 4.85. The van der Waals surface area contributed by atoms with E-state index in [9.17, 15) is 4.79 Å². The number of pyridine rings is 1. The van der Waals surface area contributed by atoms with E-state index in [1.165, 1.54) is 18.1 Å². The number of hydrogen-bond acceptors (Lipinski definition) is 3. The van der Waals surface area contributed by atoms with E-state index in [1.54, 1.807) is 6.07 Å². The molecule has 0 saturated heterocycles. The molecule has 0 fully saturated rings. The topological polar surface area (TPSA) is 44.1 Å². The molecular weight excluding hydrogens is 336 g/mol. The fraction of sp³-hybridized carbons (Fsp3) is 0.130. The molecule has 2 aromatic carbocycles. The largest absolute Gasteiger partial charge is 0.464 e. The number of fused-ring (bicyclic) bond motifs is 1. The predicted molar refractivity (Wildman–Crippen MR) is 107 cm³/mol. The van der Waals surface area contributed by atoms with Crippen LogP contribution >= 0.6 is 0 Å². The zero-order valence-electron chi connectivity index (χ0n) is 15.3. The molecule has 27 heavy (non-hydrogen) atoms. The van der Waals surface area contributed by atoms with Crippen LogP contribution in [0.3, 0.4) is 0 Å². The van der Waals surface area contributed by atoms with Gasteiger partial charge in [-0.25, -0.2) is 9.78 Å². The second kappa shape index (κ2) is 7.08. The Labute approximate surface area is 158 Å². The van der Waals surface area contributed by atoms with Crippen molar-refractivity contribution in [3.63, 3.8) is 0 Å². The molecule has 0 spiro atoms. The van der Waals surface area contributed by atoms with Gasteiger partial charge in [0.2, 0.25) is 0 Å². The quantitative estimate of drug-likeness (QED) is 0.491. The van der Waals surface area contributed by atoms with Gasteiger partial charge in [-0.2, -0.15) is 0 Å². The number of aryl methyl sites for hydroxylation is 1. The van der Waals surface area contributed by atoms with E-state index in [0.717, 1.165) is 22.5 Å². The smallest absolute Gasteiger partial charge is 0.356 e. The van der Waals surface area contributed by atoms with Gasteiger partial charge >= 0.3 is 5.97 Å². The highest BCUT2D eigenvalue weighted by Gasteiger charge is 2.13. The Morgan fingerprint density at radius 2 is 1.81 bits per heavy atom. The fourth-order valence-electron chi connectivity index (χ4n) is 3.36. The van der Waals surface area contributed by atoms with Gasteiger partial charge < -0.3 is 9.30 Å². The number of aromatic nitrogens is 2. The molecule has 4 heteroatoms. The summed E-state index contributed by atoms with van der Waals surface area (Å²) < 4.78 is 7.04. The number of carbonyl (C=O) groups is 1. The van der Waals surface area contributed by atoms with Gasteiger partial charge in [-0.3, -0.25) is 0 Å². The first-order valence-electron chi connectivity index (χ1n) is 8.85. The van der Waals surface area contributed by atoms with Gasteiger partial charge in [-0.1, -0.05) is 48.0 Å². The van der Waals surface area contributed by atoms with Crippen LogP contribution in [0.25, 0.3) is 22.2 Å². The standard InChI is InChI=1S/C23H20N2O2/c1-16-11-12-21-18(13-16)14-22(17-7-4-3-5-8-17)25(21)15-19-9-6-10-20(24-19)23(26)27-2/h3-14H,15H2,1-2H3. The van der Waals surface area contributed by atoms with Crippen LogP contribution in [-0.2, 0) is 11.3 Å². The number of esters is 1. The van der Waals surface area contributed by atoms with Crippen LogP contribution in [0.15, 0.2) is 72.8 Å². The minimum absolute atomic E-state index is 0.323. The molecule has 0 radical (unpaired) electrons. The summed E-state index contributed by atoms with van der Waals surface area (Å²) in [5, 5.41) is 1.19. The minimum atomic E-state index is -0.423. The van der Waals surface area contributed by atoms with Gasteiger partial charge in [0, 0.05) is 16.6 Å². The Morgan fingerprint density at radius 1 is 1.00 bits per heavy atom. The number of nitrogens with zero attached hydrogens (tertiary/aromatic N) is 2. The molecule has 2 aromatic heterocycles. The van der Waals surface area contributed by atoms with Gasteiger partial charge in [0.1, 0.15) is 5.69 Å². The lowest BCUT2D eigenvalue weighted by Gasteiger charge is -2.11. The number of hydrogen-bond donors (Lipinski definition) is 0. The molecule has 134 valence electrons. The van der Waals surface area contributed by atoms with Crippen molar-refractivity contribution in [1.29, 1.82) is 0 Å².